The summed E-state index contributed by atoms with van der Waals surface area (Å²) in [5, 5.41) is 18.1. The van der Waals surface area contributed by atoms with Crippen LogP contribution >= 0.6 is 23.2 Å². The van der Waals surface area contributed by atoms with E-state index < -0.39 is 6.10 Å². The standard InChI is InChI=1S/C16H14Cl2N4O2/c1-9-21-16(24-22-9)12-3-2-6-19-15(12)20-8-14(23)11-5-4-10(17)7-13(11)18/h2-7,14,23H,8H2,1H3,(H,19,20). The Bertz CT molecular complexity index is 854. The van der Waals surface area contributed by atoms with Crippen molar-refractivity contribution in [3.63, 3.8) is 0 Å². The Morgan fingerprint density at radius 2 is 2.12 bits per heavy atom. The highest BCUT2D eigenvalue weighted by atomic mass is 35.5. The minimum Gasteiger partial charge on any atom is -0.387 e. The van der Waals surface area contributed by atoms with Crippen molar-refractivity contribution >= 4 is 29.0 Å². The molecule has 0 saturated heterocycles. The van der Waals surface area contributed by atoms with E-state index in [0.29, 0.717) is 38.7 Å². The quantitative estimate of drug-likeness (QED) is 0.714. The molecule has 0 aliphatic carbocycles. The Labute approximate surface area is 148 Å². The highest BCUT2D eigenvalue weighted by Crippen LogP contribution is 2.28. The third kappa shape index (κ3) is 3.67. The number of nitrogens with zero attached hydrogens (tertiary/aromatic N) is 3. The number of nitrogens with one attached hydrogen (secondary N) is 1. The summed E-state index contributed by atoms with van der Waals surface area (Å²) in [6.07, 6.45) is 0.811. The number of hydrogen-bond donors (Lipinski definition) is 2. The van der Waals surface area contributed by atoms with E-state index in [2.05, 4.69) is 20.4 Å². The van der Waals surface area contributed by atoms with Gasteiger partial charge in [0.25, 0.3) is 5.89 Å². The number of aromatic nitrogens is 3. The van der Waals surface area contributed by atoms with Crippen LogP contribution in [0.3, 0.4) is 0 Å². The number of rotatable bonds is 5. The summed E-state index contributed by atoms with van der Waals surface area (Å²) in [5.41, 5.74) is 1.24. The zero-order valence-corrected chi connectivity index (χ0v) is 14.2. The van der Waals surface area contributed by atoms with Crippen LogP contribution in [0.15, 0.2) is 41.1 Å². The average Bonchev–Trinajstić information content (AvgIpc) is 2.99. The van der Waals surface area contributed by atoms with Crippen LogP contribution in [0, 0.1) is 6.92 Å². The summed E-state index contributed by atoms with van der Waals surface area (Å²) in [4.78, 5) is 8.46. The van der Waals surface area contributed by atoms with Crippen LogP contribution in [0.25, 0.3) is 11.5 Å². The van der Waals surface area contributed by atoms with Gasteiger partial charge in [-0.2, -0.15) is 4.98 Å². The molecule has 0 bridgehead atoms. The van der Waals surface area contributed by atoms with E-state index in [1.165, 1.54) is 0 Å². The normalized spacial score (nSPS) is 12.2. The van der Waals surface area contributed by atoms with Crippen molar-refractivity contribution in [1.82, 2.24) is 15.1 Å². The van der Waals surface area contributed by atoms with Crippen LogP contribution in [-0.4, -0.2) is 26.8 Å². The Morgan fingerprint density at radius 1 is 1.29 bits per heavy atom. The average molecular weight is 365 g/mol. The number of aliphatic hydroxyl groups is 1. The Balaban J connectivity index is 1.77. The van der Waals surface area contributed by atoms with Gasteiger partial charge in [0.2, 0.25) is 0 Å². The molecule has 0 aliphatic heterocycles. The molecule has 0 aliphatic rings. The fourth-order valence-corrected chi connectivity index (χ4v) is 2.73. The fourth-order valence-electron chi connectivity index (χ4n) is 2.20. The second-order valence-electron chi connectivity index (χ2n) is 5.11. The van der Waals surface area contributed by atoms with E-state index in [0.717, 1.165) is 0 Å². The minimum atomic E-state index is -0.825. The molecular formula is C16H14Cl2N4O2. The van der Waals surface area contributed by atoms with Crippen LogP contribution in [-0.2, 0) is 0 Å². The predicted molar refractivity (Wildman–Crippen MR) is 92.2 cm³/mol. The maximum Gasteiger partial charge on any atom is 0.261 e. The van der Waals surface area contributed by atoms with Crippen molar-refractivity contribution in [3.05, 3.63) is 58.0 Å². The number of anilines is 1. The third-order valence-corrected chi connectivity index (χ3v) is 3.91. The van der Waals surface area contributed by atoms with Gasteiger partial charge in [-0.1, -0.05) is 34.4 Å². The zero-order valence-electron chi connectivity index (χ0n) is 12.7. The van der Waals surface area contributed by atoms with Crippen LogP contribution in [0.2, 0.25) is 10.0 Å². The van der Waals surface area contributed by atoms with Gasteiger partial charge in [-0.25, -0.2) is 4.98 Å². The molecule has 1 unspecified atom stereocenters. The minimum absolute atomic E-state index is 0.207. The van der Waals surface area contributed by atoms with Crippen molar-refractivity contribution in [2.24, 2.45) is 0 Å². The summed E-state index contributed by atoms with van der Waals surface area (Å²) < 4.78 is 5.18. The number of hydrogen-bond acceptors (Lipinski definition) is 6. The molecule has 3 rings (SSSR count). The molecule has 0 fully saturated rings. The number of halogens is 2. The monoisotopic (exact) mass is 364 g/mol. The molecule has 0 amide bonds. The SMILES string of the molecule is Cc1noc(-c2cccnc2NCC(O)c2ccc(Cl)cc2Cl)n1. The predicted octanol–water partition coefficient (Wildman–Crippen LogP) is 3.89. The second kappa shape index (κ2) is 7.17. The van der Waals surface area contributed by atoms with Gasteiger partial charge in [-0.05, 0) is 31.2 Å². The van der Waals surface area contributed by atoms with Crippen molar-refractivity contribution in [1.29, 1.82) is 0 Å². The first-order valence-corrected chi connectivity index (χ1v) is 7.93. The molecule has 0 radical (unpaired) electrons. The van der Waals surface area contributed by atoms with Crippen molar-refractivity contribution in [3.8, 4) is 11.5 Å². The molecule has 8 heteroatoms. The molecule has 2 N–H and O–H groups in total. The Kier molecular flexibility index (Phi) is 4.99. The van der Waals surface area contributed by atoms with Gasteiger partial charge in [0, 0.05) is 28.4 Å². The van der Waals surface area contributed by atoms with Gasteiger partial charge in [0.1, 0.15) is 5.82 Å². The zero-order chi connectivity index (χ0) is 17.1. The summed E-state index contributed by atoms with van der Waals surface area (Å²) in [5.74, 6) is 1.43. The van der Waals surface area contributed by atoms with Crippen molar-refractivity contribution in [2.45, 2.75) is 13.0 Å². The molecular weight excluding hydrogens is 351 g/mol. The largest absolute Gasteiger partial charge is 0.387 e. The van der Waals surface area contributed by atoms with Crippen molar-refractivity contribution < 1.29 is 9.63 Å². The molecule has 0 spiro atoms. The molecule has 3 aromatic rings. The summed E-state index contributed by atoms with van der Waals surface area (Å²) in [7, 11) is 0. The lowest BCUT2D eigenvalue weighted by atomic mass is 10.1. The van der Waals surface area contributed by atoms with Crippen LogP contribution in [0.4, 0.5) is 5.82 Å². The first-order valence-electron chi connectivity index (χ1n) is 7.17. The molecule has 124 valence electrons. The molecule has 1 aromatic carbocycles. The van der Waals surface area contributed by atoms with Gasteiger partial charge < -0.3 is 14.9 Å². The van der Waals surface area contributed by atoms with E-state index in [9.17, 15) is 5.11 Å². The van der Waals surface area contributed by atoms with E-state index >= 15 is 0 Å². The number of pyridine rings is 1. The lowest BCUT2D eigenvalue weighted by Crippen LogP contribution is -2.14. The highest BCUT2D eigenvalue weighted by Gasteiger charge is 2.16. The highest BCUT2D eigenvalue weighted by molar-refractivity contribution is 6.35. The van der Waals surface area contributed by atoms with E-state index in [1.807, 2.05) is 6.07 Å². The molecule has 24 heavy (non-hydrogen) atoms. The van der Waals surface area contributed by atoms with Gasteiger partial charge in [0.15, 0.2) is 5.82 Å². The van der Waals surface area contributed by atoms with Crippen LogP contribution < -0.4 is 5.32 Å². The van der Waals surface area contributed by atoms with Crippen molar-refractivity contribution in [2.75, 3.05) is 11.9 Å². The Hall–Kier alpha value is -2.15. The topological polar surface area (TPSA) is 84.1 Å². The van der Waals surface area contributed by atoms with Crippen LogP contribution in [0.5, 0.6) is 0 Å². The lowest BCUT2D eigenvalue weighted by molar-refractivity contribution is 0.191. The van der Waals surface area contributed by atoms with Gasteiger partial charge in [-0.15, -0.1) is 0 Å². The summed E-state index contributed by atoms with van der Waals surface area (Å²) in [6, 6.07) is 8.54. The van der Waals surface area contributed by atoms with Gasteiger partial charge >= 0.3 is 0 Å². The van der Waals surface area contributed by atoms with E-state index in [1.54, 1.807) is 37.4 Å². The smallest absolute Gasteiger partial charge is 0.261 e. The van der Waals surface area contributed by atoms with Gasteiger partial charge in [0.05, 0.1) is 11.7 Å². The molecule has 1 atom stereocenters. The third-order valence-electron chi connectivity index (χ3n) is 3.35. The molecule has 0 saturated carbocycles. The first-order chi connectivity index (χ1) is 11.5. The lowest BCUT2D eigenvalue weighted by Gasteiger charge is -2.15. The molecule has 2 heterocycles. The molecule has 6 nitrogen and oxygen atoms in total. The first kappa shape index (κ1) is 16.7. The van der Waals surface area contributed by atoms with E-state index in [-0.39, 0.29) is 6.54 Å². The maximum atomic E-state index is 10.3. The summed E-state index contributed by atoms with van der Waals surface area (Å²) >= 11 is 12.0. The fraction of sp³-hybridized carbons (Fsp3) is 0.188. The number of aliphatic hydroxyl groups excluding tert-OH is 1. The van der Waals surface area contributed by atoms with Crippen LogP contribution in [0.1, 0.15) is 17.5 Å². The number of benzene rings is 1. The molecule has 2 aromatic heterocycles. The Morgan fingerprint density at radius 3 is 2.83 bits per heavy atom. The summed E-state index contributed by atoms with van der Waals surface area (Å²) in [6.45, 7) is 1.95. The van der Waals surface area contributed by atoms with Gasteiger partial charge in [-0.3, -0.25) is 0 Å². The maximum absolute atomic E-state index is 10.3. The number of aryl methyl sites for hydroxylation is 1. The van der Waals surface area contributed by atoms with E-state index in [4.69, 9.17) is 27.7 Å². The second-order valence-corrected chi connectivity index (χ2v) is 5.95.